The molecule has 0 saturated carbocycles. The van der Waals surface area contributed by atoms with Gasteiger partial charge in [0, 0.05) is 17.8 Å². The summed E-state index contributed by atoms with van der Waals surface area (Å²) in [6.07, 6.45) is 3.24. The lowest BCUT2D eigenvalue weighted by molar-refractivity contribution is -0.118. The van der Waals surface area contributed by atoms with Gasteiger partial charge in [0.25, 0.3) is 5.91 Å². The average molecular weight is 266 g/mol. The largest absolute Gasteiger partial charge is 0.480 e. The van der Waals surface area contributed by atoms with Crippen LogP contribution in [0, 0.1) is 0 Å². The number of hydrogen-bond donors (Lipinski definition) is 1. The first-order valence-electron chi connectivity index (χ1n) is 5.30. The third kappa shape index (κ3) is 3.49. The van der Waals surface area contributed by atoms with Crippen LogP contribution in [0.4, 0.5) is 5.69 Å². The van der Waals surface area contributed by atoms with Crippen LogP contribution in [-0.2, 0) is 11.8 Å². The first-order valence-corrected chi connectivity index (χ1v) is 5.68. The quantitative estimate of drug-likeness (QED) is 0.921. The SMILES string of the molecule is Cn1cc(OCC(=O)Nc2cccc(Cl)c2)cn1. The summed E-state index contributed by atoms with van der Waals surface area (Å²) < 4.78 is 6.86. The summed E-state index contributed by atoms with van der Waals surface area (Å²) in [6.45, 7) is -0.0712. The van der Waals surface area contributed by atoms with Crippen molar-refractivity contribution >= 4 is 23.2 Å². The van der Waals surface area contributed by atoms with E-state index in [4.69, 9.17) is 16.3 Å². The Morgan fingerprint density at radius 3 is 3.06 bits per heavy atom. The number of rotatable bonds is 4. The van der Waals surface area contributed by atoms with Gasteiger partial charge in [-0.25, -0.2) is 0 Å². The fourth-order valence-corrected chi connectivity index (χ4v) is 1.58. The van der Waals surface area contributed by atoms with Crippen molar-refractivity contribution in [3.05, 3.63) is 41.7 Å². The Morgan fingerprint density at radius 1 is 1.56 bits per heavy atom. The first kappa shape index (κ1) is 12.4. The van der Waals surface area contributed by atoms with Crippen molar-refractivity contribution < 1.29 is 9.53 Å². The Morgan fingerprint density at radius 2 is 2.39 bits per heavy atom. The van der Waals surface area contributed by atoms with Gasteiger partial charge in [0.2, 0.25) is 0 Å². The van der Waals surface area contributed by atoms with E-state index in [0.29, 0.717) is 16.5 Å². The average Bonchev–Trinajstić information content (AvgIpc) is 2.73. The Bertz CT molecular complexity index is 554. The van der Waals surface area contributed by atoms with Crippen LogP contribution in [0.25, 0.3) is 0 Å². The number of benzene rings is 1. The van der Waals surface area contributed by atoms with Crippen LogP contribution in [0.15, 0.2) is 36.7 Å². The van der Waals surface area contributed by atoms with Crippen LogP contribution < -0.4 is 10.1 Å². The van der Waals surface area contributed by atoms with Crippen molar-refractivity contribution in [1.82, 2.24) is 9.78 Å². The summed E-state index contributed by atoms with van der Waals surface area (Å²) in [6, 6.07) is 6.93. The van der Waals surface area contributed by atoms with Crippen molar-refractivity contribution in [1.29, 1.82) is 0 Å². The molecule has 1 aromatic carbocycles. The molecule has 1 heterocycles. The number of halogens is 1. The molecule has 0 unspecified atom stereocenters. The molecule has 0 radical (unpaired) electrons. The molecule has 2 rings (SSSR count). The first-order chi connectivity index (χ1) is 8.63. The highest BCUT2D eigenvalue weighted by molar-refractivity contribution is 6.30. The number of aromatic nitrogens is 2. The molecular weight excluding hydrogens is 254 g/mol. The smallest absolute Gasteiger partial charge is 0.262 e. The lowest BCUT2D eigenvalue weighted by Gasteiger charge is -2.06. The lowest BCUT2D eigenvalue weighted by Crippen LogP contribution is -2.19. The molecule has 5 nitrogen and oxygen atoms in total. The number of ether oxygens (including phenoxy) is 1. The number of aryl methyl sites for hydroxylation is 1. The normalized spacial score (nSPS) is 10.1. The summed E-state index contributed by atoms with van der Waals surface area (Å²) in [7, 11) is 1.78. The number of carbonyl (C=O) groups is 1. The molecule has 18 heavy (non-hydrogen) atoms. The Kier molecular flexibility index (Phi) is 3.84. The van der Waals surface area contributed by atoms with Crippen LogP contribution in [0.5, 0.6) is 5.75 Å². The molecule has 0 saturated heterocycles. The van der Waals surface area contributed by atoms with Gasteiger partial charge in [-0.1, -0.05) is 17.7 Å². The van der Waals surface area contributed by atoms with E-state index in [1.54, 1.807) is 48.4 Å². The van der Waals surface area contributed by atoms with Gasteiger partial charge in [-0.05, 0) is 18.2 Å². The molecule has 0 spiro atoms. The Hall–Kier alpha value is -2.01. The fraction of sp³-hybridized carbons (Fsp3) is 0.167. The second-order valence-corrected chi connectivity index (χ2v) is 4.13. The van der Waals surface area contributed by atoms with E-state index in [1.807, 2.05) is 0 Å². The lowest BCUT2D eigenvalue weighted by atomic mass is 10.3. The van der Waals surface area contributed by atoms with Gasteiger partial charge >= 0.3 is 0 Å². The molecule has 1 amide bonds. The zero-order valence-corrected chi connectivity index (χ0v) is 10.5. The summed E-state index contributed by atoms with van der Waals surface area (Å²) in [4.78, 5) is 11.6. The molecule has 0 fully saturated rings. The summed E-state index contributed by atoms with van der Waals surface area (Å²) in [5.74, 6) is 0.305. The van der Waals surface area contributed by atoms with E-state index in [1.165, 1.54) is 0 Å². The summed E-state index contributed by atoms with van der Waals surface area (Å²) in [5, 5.41) is 7.19. The molecule has 1 aromatic heterocycles. The van der Waals surface area contributed by atoms with E-state index in [-0.39, 0.29) is 12.5 Å². The molecule has 0 aliphatic rings. The summed E-state index contributed by atoms with van der Waals surface area (Å²) >= 11 is 5.81. The minimum atomic E-state index is -0.249. The van der Waals surface area contributed by atoms with Crippen molar-refractivity contribution in [2.75, 3.05) is 11.9 Å². The third-order valence-corrected chi connectivity index (χ3v) is 2.39. The van der Waals surface area contributed by atoms with Crippen molar-refractivity contribution in [3.63, 3.8) is 0 Å². The standard InChI is InChI=1S/C12H12ClN3O2/c1-16-7-11(6-14-16)18-8-12(17)15-10-4-2-3-9(13)5-10/h2-7H,8H2,1H3,(H,15,17). The van der Waals surface area contributed by atoms with Gasteiger partial charge in [0.15, 0.2) is 12.4 Å². The Labute approximate surface area is 109 Å². The van der Waals surface area contributed by atoms with Crippen LogP contribution in [0.3, 0.4) is 0 Å². The van der Waals surface area contributed by atoms with Crippen LogP contribution in [0.2, 0.25) is 5.02 Å². The van der Waals surface area contributed by atoms with Crippen molar-refractivity contribution in [3.8, 4) is 5.75 Å². The van der Waals surface area contributed by atoms with Crippen LogP contribution in [-0.4, -0.2) is 22.3 Å². The second-order valence-electron chi connectivity index (χ2n) is 3.70. The molecule has 0 bridgehead atoms. The van der Waals surface area contributed by atoms with Crippen molar-refractivity contribution in [2.24, 2.45) is 7.05 Å². The molecule has 0 aliphatic heterocycles. The van der Waals surface area contributed by atoms with E-state index in [9.17, 15) is 4.79 Å². The van der Waals surface area contributed by atoms with Gasteiger partial charge in [0.1, 0.15) is 0 Å². The molecule has 0 atom stereocenters. The van der Waals surface area contributed by atoms with Gasteiger partial charge < -0.3 is 10.1 Å². The topological polar surface area (TPSA) is 56.1 Å². The molecule has 6 heteroatoms. The summed E-state index contributed by atoms with van der Waals surface area (Å²) in [5.41, 5.74) is 0.641. The molecule has 94 valence electrons. The van der Waals surface area contributed by atoms with Gasteiger partial charge in [-0.3, -0.25) is 9.48 Å². The van der Waals surface area contributed by atoms with E-state index < -0.39 is 0 Å². The highest BCUT2D eigenvalue weighted by Gasteiger charge is 2.05. The fourth-order valence-electron chi connectivity index (χ4n) is 1.39. The van der Waals surface area contributed by atoms with Gasteiger partial charge in [0.05, 0.1) is 12.4 Å². The number of amides is 1. The van der Waals surface area contributed by atoms with Gasteiger partial charge in [-0.15, -0.1) is 0 Å². The van der Waals surface area contributed by atoms with E-state index in [0.717, 1.165) is 0 Å². The monoisotopic (exact) mass is 265 g/mol. The maximum atomic E-state index is 11.6. The maximum absolute atomic E-state index is 11.6. The number of nitrogens with zero attached hydrogens (tertiary/aromatic N) is 2. The Balaban J connectivity index is 1.85. The highest BCUT2D eigenvalue weighted by atomic mass is 35.5. The number of anilines is 1. The number of carbonyl (C=O) groups excluding carboxylic acids is 1. The van der Waals surface area contributed by atoms with Crippen LogP contribution >= 0.6 is 11.6 Å². The van der Waals surface area contributed by atoms with E-state index in [2.05, 4.69) is 10.4 Å². The second kappa shape index (κ2) is 5.55. The zero-order chi connectivity index (χ0) is 13.0. The number of hydrogen-bond acceptors (Lipinski definition) is 3. The molecular formula is C12H12ClN3O2. The minimum Gasteiger partial charge on any atom is -0.480 e. The maximum Gasteiger partial charge on any atom is 0.262 e. The minimum absolute atomic E-state index is 0.0712. The molecule has 0 aliphatic carbocycles. The van der Waals surface area contributed by atoms with E-state index >= 15 is 0 Å². The zero-order valence-electron chi connectivity index (χ0n) is 9.76. The van der Waals surface area contributed by atoms with Gasteiger partial charge in [-0.2, -0.15) is 5.10 Å². The third-order valence-electron chi connectivity index (χ3n) is 2.16. The molecule has 2 aromatic rings. The predicted molar refractivity (Wildman–Crippen MR) is 68.8 cm³/mol. The van der Waals surface area contributed by atoms with Crippen molar-refractivity contribution in [2.45, 2.75) is 0 Å². The predicted octanol–water partition coefficient (Wildman–Crippen LogP) is 2.09. The van der Waals surface area contributed by atoms with Crippen LogP contribution in [0.1, 0.15) is 0 Å². The number of nitrogens with one attached hydrogen (secondary N) is 1. The molecule has 1 N–H and O–H groups in total. The highest BCUT2D eigenvalue weighted by Crippen LogP contribution is 2.14.